The summed E-state index contributed by atoms with van der Waals surface area (Å²) >= 11 is 0. The second-order valence-electron chi connectivity index (χ2n) is 17.6. The van der Waals surface area contributed by atoms with Crippen molar-refractivity contribution in [2.24, 2.45) is 0 Å². The molecule has 3 aromatic carbocycles. The maximum atomic E-state index is 2.75. The van der Waals surface area contributed by atoms with Gasteiger partial charge in [0.25, 0.3) is 0 Å². The maximum absolute atomic E-state index is 2.75. The number of fused-ring (bicyclic) bond motifs is 5. The second kappa shape index (κ2) is 11.1. The van der Waals surface area contributed by atoms with Crippen molar-refractivity contribution in [1.82, 2.24) is 4.90 Å². The molecule has 3 fully saturated rings. The molecule has 5 aliphatic rings. The number of hydrogen-bond acceptors (Lipinski definition) is 1. The Hall–Kier alpha value is -3.72. The molecule has 1 aliphatic heterocycles. The normalized spacial score (nSPS) is 27.0. The van der Waals surface area contributed by atoms with Crippen molar-refractivity contribution in [1.29, 1.82) is 0 Å². The number of aromatic nitrogens is 1. The molecule has 3 heteroatoms. The van der Waals surface area contributed by atoms with E-state index in [0.717, 1.165) is 0 Å². The van der Waals surface area contributed by atoms with Crippen molar-refractivity contribution in [3.63, 3.8) is 0 Å². The Morgan fingerprint density at radius 1 is 0.840 bits per heavy atom. The van der Waals surface area contributed by atoms with Crippen LogP contribution in [0, 0.1) is 6.92 Å². The molecule has 0 amide bonds. The third-order valence-corrected chi connectivity index (χ3v) is 14.5. The lowest BCUT2D eigenvalue weighted by atomic mass is 9.65. The van der Waals surface area contributed by atoms with Gasteiger partial charge in [0.1, 0.15) is 7.05 Å². The van der Waals surface area contributed by atoms with E-state index in [4.69, 9.17) is 0 Å². The summed E-state index contributed by atoms with van der Waals surface area (Å²) in [4.78, 5) is 2.74. The molecule has 2 atom stereocenters. The second-order valence-corrected chi connectivity index (χ2v) is 17.6. The highest BCUT2D eigenvalue weighted by Gasteiger charge is 2.79. The van der Waals surface area contributed by atoms with Crippen LogP contribution in [0.2, 0.25) is 0 Å². The van der Waals surface area contributed by atoms with E-state index in [9.17, 15) is 0 Å². The van der Waals surface area contributed by atoms with Crippen LogP contribution in [-0.4, -0.2) is 34.3 Å². The molecule has 1 aromatic heterocycles. The van der Waals surface area contributed by atoms with Crippen LogP contribution in [0.15, 0.2) is 78.3 Å². The molecular weight excluding hydrogens is 607 g/mol. The summed E-state index contributed by atoms with van der Waals surface area (Å²) in [6.07, 6.45) is 21.0. The lowest BCUT2D eigenvalue weighted by molar-refractivity contribution is -0.726. The number of benzene rings is 3. The summed E-state index contributed by atoms with van der Waals surface area (Å²) in [6, 6.07) is 20.3. The molecule has 2 heterocycles. The van der Waals surface area contributed by atoms with Crippen LogP contribution in [0.5, 0.6) is 0 Å². The minimum atomic E-state index is -0.149. The topological polar surface area (TPSA) is 10.1 Å². The Balaban J connectivity index is 1.28. The molecule has 4 aliphatic carbocycles. The van der Waals surface area contributed by atoms with Crippen LogP contribution < -0.4 is 4.57 Å². The third kappa shape index (κ3) is 4.28. The first kappa shape index (κ1) is 32.2. The van der Waals surface area contributed by atoms with E-state index >= 15 is 0 Å². The number of aryl methyl sites for hydroxylation is 1. The van der Waals surface area contributed by atoms with Crippen LogP contribution in [0.25, 0.3) is 32.8 Å². The fourth-order valence-electron chi connectivity index (χ4n) is 11.3. The summed E-state index contributed by atoms with van der Waals surface area (Å²) < 4.78 is 5.34. The molecule has 4 aromatic rings. The van der Waals surface area contributed by atoms with Crippen LogP contribution in [-0.2, 0) is 16.4 Å². The van der Waals surface area contributed by atoms with E-state index in [-0.39, 0.29) is 16.4 Å². The fourth-order valence-corrected chi connectivity index (χ4v) is 11.3. The van der Waals surface area contributed by atoms with Crippen LogP contribution in [0.1, 0.15) is 128 Å². The molecule has 258 valence electrons. The first-order chi connectivity index (χ1) is 24.0. The summed E-state index contributed by atoms with van der Waals surface area (Å²) in [5.41, 5.74) is 12.7. The van der Waals surface area contributed by atoms with Crippen molar-refractivity contribution < 1.29 is 9.14 Å². The van der Waals surface area contributed by atoms with E-state index in [2.05, 4.69) is 137 Å². The predicted octanol–water partition coefficient (Wildman–Crippen LogP) is 10.8. The highest BCUT2D eigenvalue weighted by atomic mass is 15.2. The number of rotatable bonds is 5. The quantitative estimate of drug-likeness (QED) is 0.153. The molecule has 3 nitrogen and oxygen atoms in total. The Morgan fingerprint density at radius 3 is 2.28 bits per heavy atom. The van der Waals surface area contributed by atoms with Gasteiger partial charge in [-0.1, -0.05) is 87.6 Å². The van der Waals surface area contributed by atoms with Crippen LogP contribution in [0.4, 0.5) is 0 Å². The largest absolute Gasteiger partial charge is 0.348 e. The number of allylic oxidation sites excluding steroid dienone is 3. The minimum absolute atomic E-state index is 0.0940. The van der Waals surface area contributed by atoms with Crippen molar-refractivity contribution in [2.45, 2.75) is 141 Å². The zero-order valence-corrected chi connectivity index (χ0v) is 31.9. The van der Waals surface area contributed by atoms with Gasteiger partial charge in [0.05, 0.1) is 11.0 Å². The Labute approximate surface area is 300 Å². The van der Waals surface area contributed by atoms with Gasteiger partial charge in [0, 0.05) is 72.6 Å². The summed E-state index contributed by atoms with van der Waals surface area (Å²) in [5.74, 6) is 0. The van der Waals surface area contributed by atoms with Gasteiger partial charge in [-0.2, -0.15) is 4.57 Å². The van der Waals surface area contributed by atoms with Gasteiger partial charge in [-0.25, -0.2) is 4.58 Å². The molecule has 0 spiro atoms. The zero-order valence-electron chi connectivity index (χ0n) is 31.9. The SMILES string of the molecule is CC(=CC(C)=[N+](C)C1CCCCC1)N(/C=C1/C2(C)c3ccc4cccc5c4c3-c3c(c4cc(C)ccc4c[n+]3C12C)C5(C)C)C1CCCCC1. The highest BCUT2D eigenvalue weighted by Crippen LogP contribution is 2.70. The number of pyridine rings is 1. The predicted molar refractivity (Wildman–Crippen MR) is 209 cm³/mol. The monoisotopic (exact) mass is 663 g/mol. The maximum Gasteiger partial charge on any atom is 0.218 e. The fraction of sp³-hybridized carbons (Fsp3) is 0.489. The van der Waals surface area contributed by atoms with E-state index in [1.54, 1.807) is 5.57 Å². The van der Waals surface area contributed by atoms with E-state index in [0.29, 0.717) is 12.1 Å². The highest BCUT2D eigenvalue weighted by molar-refractivity contribution is 6.07. The van der Waals surface area contributed by atoms with Gasteiger partial charge in [-0.15, -0.1) is 0 Å². The molecule has 0 saturated heterocycles. The first-order valence-electron chi connectivity index (χ1n) is 19.8. The van der Waals surface area contributed by atoms with Crippen molar-refractivity contribution in [3.8, 4) is 11.3 Å². The summed E-state index contributed by atoms with van der Waals surface area (Å²) in [5, 5.41) is 5.59. The molecule has 9 rings (SSSR count). The van der Waals surface area contributed by atoms with Gasteiger partial charge in [-0.3, -0.25) is 0 Å². The molecule has 50 heavy (non-hydrogen) atoms. The van der Waals surface area contributed by atoms with Crippen LogP contribution >= 0.6 is 0 Å². The van der Waals surface area contributed by atoms with Gasteiger partial charge in [-0.05, 0) is 79.8 Å². The summed E-state index contributed by atoms with van der Waals surface area (Å²) in [6.45, 7) is 17.0. The Kier molecular flexibility index (Phi) is 7.17. The number of nitrogens with zero attached hydrogens (tertiary/aromatic N) is 3. The zero-order chi connectivity index (χ0) is 34.7. The van der Waals surface area contributed by atoms with Gasteiger partial charge in [0.2, 0.25) is 11.2 Å². The molecule has 2 unspecified atom stereocenters. The molecule has 0 bridgehead atoms. The Bertz CT molecular complexity index is 2180. The van der Waals surface area contributed by atoms with Gasteiger partial charge in [0.15, 0.2) is 18.0 Å². The molecule has 3 saturated carbocycles. The first-order valence-corrected chi connectivity index (χ1v) is 19.8. The van der Waals surface area contributed by atoms with Gasteiger partial charge >= 0.3 is 0 Å². The smallest absolute Gasteiger partial charge is 0.218 e. The van der Waals surface area contributed by atoms with Gasteiger partial charge < -0.3 is 4.90 Å². The minimum Gasteiger partial charge on any atom is -0.348 e. The standard InChI is InChI=1S/C47H57N3/c1-30-22-23-34-28-50-44-42-39(25-24-33-16-15-21-38(41(33)42)45(4,5)43(44)37(34)26-30)46(6)40(47(46,50)7)29-49(36-19-13-10-14-20-36)32(3)27-31(2)48(8)35-17-11-9-12-18-35/h15-16,21-29,35-36H,9-14,17-20H2,1-8H3/q+2/b40-29-. The summed E-state index contributed by atoms with van der Waals surface area (Å²) in [7, 11) is 2.34. The van der Waals surface area contributed by atoms with E-state index in [1.165, 1.54) is 131 Å². The Morgan fingerprint density at radius 2 is 1.54 bits per heavy atom. The van der Waals surface area contributed by atoms with Crippen molar-refractivity contribution in [3.05, 3.63) is 101 Å². The average Bonchev–Trinajstić information content (AvgIpc) is 3.63. The third-order valence-electron chi connectivity index (χ3n) is 14.5. The van der Waals surface area contributed by atoms with Crippen molar-refractivity contribution in [2.75, 3.05) is 7.05 Å². The molecule has 0 radical (unpaired) electrons. The molecule has 0 N–H and O–H groups in total. The van der Waals surface area contributed by atoms with E-state index < -0.39 is 0 Å². The lowest BCUT2D eigenvalue weighted by Gasteiger charge is -2.38. The van der Waals surface area contributed by atoms with Crippen LogP contribution in [0.3, 0.4) is 0 Å². The van der Waals surface area contributed by atoms with Crippen molar-refractivity contribution >= 4 is 27.3 Å². The van der Waals surface area contributed by atoms with E-state index in [1.807, 2.05) is 0 Å². The number of hydrogen-bond donors (Lipinski definition) is 0. The lowest BCUT2D eigenvalue weighted by Crippen LogP contribution is -2.55. The molecular formula is C47H57N3+2. The average molecular weight is 664 g/mol.